The van der Waals surface area contributed by atoms with Gasteiger partial charge in [-0.15, -0.1) is 0 Å². The standard InChI is InChI=1S/C22H27FN2O2/c1-4-20(22(27)24-5-2)25(15-18-9-7-6-8-16(18)3)21(26)14-17-10-12-19(23)13-11-17/h6-13,20H,4-5,14-15H2,1-3H3,(H,24,27)/t20-/m0/s1. The number of halogens is 1. The summed E-state index contributed by atoms with van der Waals surface area (Å²) in [5.41, 5.74) is 2.80. The van der Waals surface area contributed by atoms with E-state index in [2.05, 4.69) is 5.32 Å². The van der Waals surface area contributed by atoms with Crippen LogP contribution in [-0.4, -0.2) is 29.3 Å². The highest BCUT2D eigenvalue weighted by Crippen LogP contribution is 2.17. The smallest absolute Gasteiger partial charge is 0.242 e. The van der Waals surface area contributed by atoms with Crippen molar-refractivity contribution in [1.82, 2.24) is 10.2 Å². The summed E-state index contributed by atoms with van der Waals surface area (Å²) >= 11 is 0. The van der Waals surface area contributed by atoms with Gasteiger partial charge in [0.1, 0.15) is 11.9 Å². The Morgan fingerprint density at radius 2 is 1.74 bits per heavy atom. The van der Waals surface area contributed by atoms with Crippen LogP contribution in [0.15, 0.2) is 48.5 Å². The molecule has 0 saturated carbocycles. The Kier molecular flexibility index (Phi) is 7.53. The maximum atomic E-state index is 13.1. The van der Waals surface area contributed by atoms with Gasteiger partial charge in [0.05, 0.1) is 6.42 Å². The topological polar surface area (TPSA) is 49.4 Å². The van der Waals surface area contributed by atoms with E-state index in [0.717, 1.165) is 16.7 Å². The number of amides is 2. The minimum atomic E-state index is -0.544. The molecule has 27 heavy (non-hydrogen) atoms. The van der Waals surface area contributed by atoms with E-state index < -0.39 is 6.04 Å². The average Bonchev–Trinajstić information content (AvgIpc) is 2.65. The lowest BCUT2D eigenvalue weighted by Crippen LogP contribution is -2.49. The van der Waals surface area contributed by atoms with E-state index in [1.807, 2.05) is 45.0 Å². The number of hydrogen-bond donors (Lipinski definition) is 1. The third-order valence-corrected chi connectivity index (χ3v) is 4.61. The minimum Gasteiger partial charge on any atom is -0.355 e. The molecule has 0 aliphatic rings. The van der Waals surface area contributed by atoms with Gasteiger partial charge in [0.25, 0.3) is 0 Å². The highest BCUT2D eigenvalue weighted by atomic mass is 19.1. The van der Waals surface area contributed by atoms with Crippen molar-refractivity contribution in [2.45, 2.75) is 46.2 Å². The first-order valence-electron chi connectivity index (χ1n) is 9.32. The molecule has 0 radical (unpaired) electrons. The molecule has 1 atom stereocenters. The van der Waals surface area contributed by atoms with Crippen molar-refractivity contribution in [1.29, 1.82) is 0 Å². The highest BCUT2D eigenvalue weighted by Gasteiger charge is 2.28. The van der Waals surface area contributed by atoms with Crippen molar-refractivity contribution in [3.8, 4) is 0 Å². The van der Waals surface area contributed by atoms with Gasteiger partial charge in [0.15, 0.2) is 0 Å². The molecule has 2 rings (SSSR count). The van der Waals surface area contributed by atoms with Gasteiger partial charge in [0, 0.05) is 13.1 Å². The first kappa shape index (κ1) is 20.6. The van der Waals surface area contributed by atoms with Gasteiger partial charge in [-0.05, 0) is 49.1 Å². The lowest BCUT2D eigenvalue weighted by molar-refractivity contribution is -0.140. The van der Waals surface area contributed by atoms with Crippen LogP contribution in [-0.2, 0) is 22.6 Å². The quantitative estimate of drug-likeness (QED) is 0.772. The van der Waals surface area contributed by atoms with E-state index in [-0.39, 0.29) is 24.1 Å². The Morgan fingerprint density at radius 1 is 1.07 bits per heavy atom. The molecule has 0 unspecified atom stereocenters. The zero-order valence-electron chi connectivity index (χ0n) is 16.2. The van der Waals surface area contributed by atoms with Gasteiger partial charge in [-0.25, -0.2) is 4.39 Å². The summed E-state index contributed by atoms with van der Waals surface area (Å²) in [6.07, 6.45) is 0.648. The maximum Gasteiger partial charge on any atom is 0.242 e. The van der Waals surface area contributed by atoms with E-state index in [1.165, 1.54) is 12.1 Å². The molecule has 0 saturated heterocycles. The molecule has 2 aromatic carbocycles. The summed E-state index contributed by atoms with van der Waals surface area (Å²) in [7, 11) is 0. The zero-order valence-corrected chi connectivity index (χ0v) is 16.2. The van der Waals surface area contributed by atoms with Crippen LogP contribution in [0.25, 0.3) is 0 Å². The second kappa shape index (κ2) is 9.86. The summed E-state index contributed by atoms with van der Waals surface area (Å²) in [6, 6.07) is 13.2. The first-order chi connectivity index (χ1) is 13.0. The van der Waals surface area contributed by atoms with Crippen molar-refractivity contribution >= 4 is 11.8 Å². The molecule has 2 aromatic rings. The van der Waals surface area contributed by atoms with Crippen LogP contribution in [0.1, 0.15) is 37.0 Å². The molecule has 1 N–H and O–H groups in total. The number of nitrogens with zero attached hydrogens (tertiary/aromatic N) is 1. The molecule has 5 heteroatoms. The molecule has 0 aromatic heterocycles. The van der Waals surface area contributed by atoms with Crippen molar-refractivity contribution in [3.05, 3.63) is 71.0 Å². The Bertz CT molecular complexity index is 774. The molecule has 0 spiro atoms. The Morgan fingerprint density at radius 3 is 2.33 bits per heavy atom. The molecule has 0 aliphatic heterocycles. The van der Waals surface area contributed by atoms with Crippen LogP contribution >= 0.6 is 0 Å². The van der Waals surface area contributed by atoms with Gasteiger partial charge in [-0.1, -0.05) is 43.3 Å². The van der Waals surface area contributed by atoms with E-state index in [1.54, 1.807) is 17.0 Å². The van der Waals surface area contributed by atoms with Crippen molar-refractivity contribution < 1.29 is 14.0 Å². The van der Waals surface area contributed by atoms with Crippen molar-refractivity contribution in [2.24, 2.45) is 0 Å². The van der Waals surface area contributed by atoms with Crippen molar-refractivity contribution in [2.75, 3.05) is 6.54 Å². The predicted octanol–water partition coefficient (Wildman–Crippen LogP) is 3.62. The van der Waals surface area contributed by atoms with Crippen LogP contribution in [0.5, 0.6) is 0 Å². The van der Waals surface area contributed by atoms with Gasteiger partial charge in [-0.3, -0.25) is 9.59 Å². The van der Waals surface area contributed by atoms with Gasteiger partial charge in [-0.2, -0.15) is 0 Å². The fourth-order valence-corrected chi connectivity index (χ4v) is 3.06. The molecule has 0 aliphatic carbocycles. The zero-order chi connectivity index (χ0) is 19.8. The van der Waals surface area contributed by atoms with Crippen LogP contribution in [0.4, 0.5) is 4.39 Å². The second-order valence-corrected chi connectivity index (χ2v) is 6.57. The number of carbonyl (C=O) groups is 2. The maximum absolute atomic E-state index is 13.1. The lowest BCUT2D eigenvalue weighted by atomic mass is 10.0. The summed E-state index contributed by atoms with van der Waals surface area (Å²) in [6.45, 7) is 6.62. The van der Waals surface area contributed by atoms with Crippen LogP contribution in [0, 0.1) is 12.7 Å². The van der Waals surface area contributed by atoms with Crippen molar-refractivity contribution in [3.63, 3.8) is 0 Å². The fraction of sp³-hybridized carbons (Fsp3) is 0.364. The molecule has 0 heterocycles. The molecular weight excluding hydrogens is 343 g/mol. The van der Waals surface area contributed by atoms with Gasteiger partial charge < -0.3 is 10.2 Å². The third-order valence-electron chi connectivity index (χ3n) is 4.61. The fourth-order valence-electron chi connectivity index (χ4n) is 3.06. The summed E-state index contributed by atoms with van der Waals surface area (Å²) in [5.74, 6) is -0.638. The number of aryl methyl sites for hydroxylation is 1. The largest absolute Gasteiger partial charge is 0.355 e. The van der Waals surface area contributed by atoms with Gasteiger partial charge >= 0.3 is 0 Å². The first-order valence-corrected chi connectivity index (χ1v) is 9.32. The van der Waals surface area contributed by atoms with Crippen LogP contribution in [0.3, 0.4) is 0 Å². The summed E-state index contributed by atoms with van der Waals surface area (Å²) < 4.78 is 13.1. The molecule has 4 nitrogen and oxygen atoms in total. The average molecular weight is 370 g/mol. The van der Waals surface area contributed by atoms with Crippen LogP contribution in [0.2, 0.25) is 0 Å². The number of carbonyl (C=O) groups excluding carboxylic acids is 2. The number of likely N-dealkylation sites (N-methyl/N-ethyl adjacent to an activating group) is 1. The second-order valence-electron chi connectivity index (χ2n) is 6.57. The third kappa shape index (κ3) is 5.64. The monoisotopic (exact) mass is 370 g/mol. The van der Waals surface area contributed by atoms with Crippen LogP contribution < -0.4 is 5.32 Å². The van der Waals surface area contributed by atoms with E-state index in [4.69, 9.17) is 0 Å². The molecular formula is C22H27FN2O2. The molecule has 0 fully saturated rings. The van der Waals surface area contributed by atoms with E-state index in [9.17, 15) is 14.0 Å². The Labute approximate surface area is 160 Å². The molecule has 2 amide bonds. The summed E-state index contributed by atoms with van der Waals surface area (Å²) in [5, 5.41) is 2.82. The van der Waals surface area contributed by atoms with Gasteiger partial charge in [0.2, 0.25) is 11.8 Å². The number of rotatable bonds is 8. The summed E-state index contributed by atoms with van der Waals surface area (Å²) in [4.78, 5) is 27.2. The Hall–Kier alpha value is -2.69. The van der Waals surface area contributed by atoms with E-state index >= 15 is 0 Å². The molecule has 0 bridgehead atoms. The predicted molar refractivity (Wildman–Crippen MR) is 105 cm³/mol. The lowest BCUT2D eigenvalue weighted by Gasteiger charge is -2.31. The Balaban J connectivity index is 2.29. The molecule has 144 valence electrons. The SMILES string of the molecule is CCNC(=O)[C@H](CC)N(Cc1ccccc1C)C(=O)Cc1ccc(F)cc1. The number of benzene rings is 2. The number of hydrogen-bond acceptors (Lipinski definition) is 2. The normalized spacial score (nSPS) is 11.7. The number of nitrogens with one attached hydrogen (secondary N) is 1. The highest BCUT2D eigenvalue weighted by molar-refractivity contribution is 5.88. The van der Waals surface area contributed by atoms with E-state index in [0.29, 0.717) is 19.5 Å². The minimum absolute atomic E-state index is 0.127.